The van der Waals surface area contributed by atoms with Crippen molar-refractivity contribution in [2.75, 3.05) is 39.3 Å². The van der Waals surface area contributed by atoms with Crippen molar-refractivity contribution in [3.05, 3.63) is 25.3 Å². The molecule has 0 aliphatic carbocycles. The Morgan fingerprint density at radius 1 is 1.03 bits per heavy atom. The molecule has 5 atom stereocenters. The molecular formula is C29H47N3O4S. The van der Waals surface area contributed by atoms with Crippen molar-refractivity contribution in [1.82, 2.24) is 14.7 Å². The Bertz CT molecular complexity index is 836. The summed E-state index contributed by atoms with van der Waals surface area (Å²) >= 11 is 1.75. The highest BCUT2D eigenvalue weighted by Gasteiger charge is 2.73. The van der Waals surface area contributed by atoms with Crippen LogP contribution in [0, 0.1) is 11.8 Å². The van der Waals surface area contributed by atoms with Gasteiger partial charge >= 0.3 is 0 Å². The van der Waals surface area contributed by atoms with E-state index >= 15 is 0 Å². The Kier molecular flexibility index (Phi) is 11.1. The molecular weight excluding hydrogens is 486 g/mol. The molecule has 2 unspecified atom stereocenters. The smallest absolute Gasteiger partial charge is 0.247 e. The van der Waals surface area contributed by atoms with Crippen LogP contribution in [0.3, 0.4) is 0 Å². The van der Waals surface area contributed by atoms with Crippen molar-refractivity contribution in [1.29, 1.82) is 0 Å². The molecule has 1 spiro atoms. The van der Waals surface area contributed by atoms with E-state index in [1.54, 1.807) is 23.9 Å². The van der Waals surface area contributed by atoms with E-state index in [0.29, 0.717) is 32.7 Å². The molecule has 8 heteroatoms. The van der Waals surface area contributed by atoms with Gasteiger partial charge in [0.1, 0.15) is 6.04 Å². The Labute approximate surface area is 227 Å². The van der Waals surface area contributed by atoms with E-state index in [9.17, 15) is 14.4 Å². The standard InChI is InChI=1S/C29H47N3O4S/c1-5-9-19-31(18-8-4)28(36)25-29-15-14-22(37-29)23(26(34)30(16-6-2)17-7-3)24(29)27(35)32(25)20-12-10-11-13-21-33/h6,8,22-25,33H,2,4-5,7,9-21H2,1,3H3/t22-,23+,24+,25?,29?/m1/s1. The number of aliphatic hydroxyl groups is 1. The summed E-state index contributed by atoms with van der Waals surface area (Å²) < 4.78 is -0.540. The van der Waals surface area contributed by atoms with Crippen LogP contribution < -0.4 is 0 Å². The summed E-state index contributed by atoms with van der Waals surface area (Å²) in [5.74, 6) is -0.786. The number of unbranched alkanes of at least 4 members (excludes halogenated alkanes) is 4. The zero-order chi connectivity index (χ0) is 27.0. The van der Waals surface area contributed by atoms with Crippen molar-refractivity contribution >= 4 is 29.5 Å². The van der Waals surface area contributed by atoms with Crippen LogP contribution in [0.25, 0.3) is 0 Å². The summed E-state index contributed by atoms with van der Waals surface area (Å²) in [5.41, 5.74) is 0. The van der Waals surface area contributed by atoms with Gasteiger partial charge in [0.25, 0.3) is 0 Å². The molecule has 2 bridgehead atoms. The molecule has 208 valence electrons. The van der Waals surface area contributed by atoms with Gasteiger partial charge in [0.05, 0.1) is 16.6 Å². The molecule has 0 aromatic carbocycles. The number of carbonyl (C=O) groups excluding carboxylic acids is 3. The quantitative estimate of drug-likeness (QED) is 0.227. The number of hydrogen-bond donors (Lipinski definition) is 1. The number of thioether (sulfide) groups is 1. The fourth-order valence-corrected chi connectivity index (χ4v) is 8.81. The highest BCUT2D eigenvalue weighted by molar-refractivity contribution is 8.02. The number of nitrogens with zero attached hydrogens (tertiary/aromatic N) is 3. The van der Waals surface area contributed by atoms with Crippen LogP contribution >= 0.6 is 11.8 Å². The second kappa shape index (κ2) is 13.8. The minimum Gasteiger partial charge on any atom is -0.396 e. The summed E-state index contributed by atoms with van der Waals surface area (Å²) in [4.78, 5) is 47.8. The van der Waals surface area contributed by atoms with Crippen LogP contribution in [0.5, 0.6) is 0 Å². The van der Waals surface area contributed by atoms with Crippen molar-refractivity contribution in [3.63, 3.8) is 0 Å². The third-order valence-electron chi connectivity index (χ3n) is 8.22. The normalized spacial score (nSPS) is 27.9. The molecule has 3 saturated heterocycles. The van der Waals surface area contributed by atoms with Gasteiger partial charge in [0.15, 0.2) is 0 Å². The maximum Gasteiger partial charge on any atom is 0.247 e. The number of fused-ring (bicyclic) bond motifs is 1. The number of hydrogen-bond acceptors (Lipinski definition) is 5. The first-order valence-corrected chi connectivity index (χ1v) is 15.2. The van der Waals surface area contributed by atoms with Gasteiger partial charge in [-0.05, 0) is 38.5 Å². The van der Waals surface area contributed by atoms with E-state index < -0.39 is 16.7 Å². The first-order chi connectivity index (χ1) is 17.9. The number of rotatable bonds is 17. The molecule has 3 heterocycles. The molecule has 1 N–H and O–H groups in total. The summed E-state index contributed by atoms with van der Waals surface area (Å²) in [5, 5.41) is 9.21. The lowest BCUT2D eigenvalue weighted by Crippen LogP contribution is -2.55. The summed E-state index contributed by atoms with van der Waals surface area (Å²) in [6.07, 6.45) is 11.3. The van der Waals surface area contributed by atoms with Crippen molar-refractivity contribution in [2.24, 2.45) is 11.8 Å². The van der Waals surface area contributed by atoms with Gasteiger partial charge < -0.3 is 19.8 Å². The lowest BCUT2D eigenvalue weighted by atomic mass is 9.70. The van der Waals surface area contributed by atoms with Gasteiger partial charge in [0, 0.05) is 44.6 Å². The van der Waals surface area contributed by atoms with Crippen LogP contribution in [0.1, 0.15) is 71.6 Å². The third kappa shape index (κ3) is 5.95. The van der Waals surface area contributed by atoms with E-state index in [-0.39, 0.29) is 35.5 Å². The minimum absolute atomic E-state index is 0.0114. The molecule has 0 aromatic heterocycles. The highest BCUT2D eigenvalue weighted by Crippen LogP contribution is 2.66. The van der Waals surface area contributed by atoms with Crippen LogP contribution in [0.15, 0.2) is 25.3 Å². The topological polar surface area (TPSA) is 81.2 Å². The second-order valence-corrected chi connectivity index (χ2v) is 12.3. The van der Waals surface area contributed by atoms with E-state index in [0.717, 1.165) is 57.8 Å². The SMILES string of the molecule is C=CCN(CCCC)C(=O)C1N(CCCCCCO)C(=O)[C@@H]2[C@@H](C(=O)N(CC=C)CCC)[C@H]3CCC12S3. The molecule has 0 saturated carbocycles. The molecule has 0 radical (unpaired) electrons. The van der Waals surface area contributed by atoms with E-state index in [1.807, 2.05) is 14.7 Å². The summed E-state index contributed by atoms with van der Waals surface area (Å²) in [6, 6.07) is -0.536. The number of likely N-dealkylation sites (tertiary alicyclic amines) is 1. The van der Waals surface area contributed by atoms with Crippen LogP contribution in [0.4, 0.5) is 0 Å². The first-order valence-electron chi connectivity index (χ1n) is 14.3. The first kappa shape index (κ1) is 29.8. The van der Waals surface area contributed by atoms with Gasteiger partial charge in [-0.25, -0.2) is 0 Å². The van der Waals surface area contributed by atoms with Gasteiger partial charge in [-0.2, -0.15) is 0 Å². The van der Waals surface area contributed by atoms with Crippen LogP contribution in [0.2, 0.25) is 0 Å². The predicted molar refractivity (Wildman–Crippen MR) is 150 cm³/mol. The Hall–Kier alpha value is -1.80. The zero-order valence-electron chi connectivity index (χ0n) is 22.9. The monoisotopic (exact) mass is 533 g/mol. The predicted octanol–water partition coefficient (Wildman–Crippen LogP) is 3.87. The maximum absolute atomic E-state index is 14.2. The zero-order valence-corrected chi connectivity index (χ0v) is 23.7. The third-order valence-corrected chi connectivity index (χ3v) is 10.2. The van der Waals surface area contributed by atoms with Crippen molar-refractivity contribution in [2.45, 2.75) is 87.7 Å². The average Bonchev–Trinajstić information content (AvgIpc) is 3.53. The fraction of sp³-hybridized carbons (Fsp3) is 0.759. The Morgan fingerprint density at radius 2 is 1.70 bits per heavy atom. The van der Waals surface area contributed by atoms with Crippen LogP contribution in [-0.4, -0.2) is 92.9 Å². The lowest BCUT2D eigenvalue weighted by Gasteiger charge is -2.37. The molecule has 37 heavy (non-hydrogen) atoms. The fourth-order valence-electron chi connectivity index (χ4n) is 6.60. The largest absolute Gasteiger partial charge is 0.396 e. The number of aliphatic hydroxyl groups excluding tert-OH is 1. The van der Waals surface area contributed by atoms with Crippen molar-refractivity contribution in [3.8, 4) is 0 Å². The minimum atomic E-state index is -0.540. The highest BCUT2D eigenvalue weighted by atomic mass is 32.2. The molecule has 7 nitrogen and oxygen atoms in total. The molecule has 3 aliphatic heterocycles. The van der Waals surface area contributed by atoms with Crippen molar-refractivity contribution < 1.29 is 19.5 Å². The van der Waals surface area contributed by atoms with E-state index in [1.165, 1.54) is 0 Å². The lowest BCUT2D eigenvalue weighted by molar-refractivity contribution is -0.144. The average molecular weight is 534 g/mol. The van der Waals surface area contributed by atoms with Gasteiger partial charge in [-0.15, -0.1) is 24.9 Å². The number of carbonyl (C=O) groups is 3. The molecule has 0 aromatic rings. The van der Waals surface area contributed by atoms with Crippen LogP contribution in [-0.2, 0) is 14.4 Å². The maximum atomic E-state index is 14.2. The van der Waals surface area contributed by atoms with Gasteiger partial charge in [0.2, 0.25) is 17.7 Å². The number of amides is 3. The molecule has 3 amide bonds. The van der Waals surface area contributed by atoms with Gasteiger partial charge in [-0.3, -0.25) is 14.4 Å². The Balaban J connectivity index is 1.94. The molecule has 3 aliphatic rings. The summed E-state index contributed by atoms with van der Waals surface area (Å²) in [7, 11) is 0. The summed E-state index contributed by atoms with van der Waals surface area (Å²) in [6.45, 7) is 14.8. The van der Waals surface area contributed by atoms with E-state index in [4.69, 9.17) is 5.11 Å². The van der Waals surface area contributed by atoms with Gasteiger partial charge in [-0.1, -0.05) is 45.3 Å². The molecule has 3 fully saturated rings. The second-order valence-electron chi connectivity index (χ2n) is 10.7. The molecule has 3 rings (SSSR count). The Morgan fingerprint density at radius 3 is 2.32 bits per heavy atom. The van der Waals surface area contributed by atoms with E-state index in [2.05, 4.69) is 27.0 Å².